The zero-order chi connectivity index (χ0) is 20.2. The number of piperidine rings is 2. The van der Waals surface area contributed by atoms with E-state index in [2.05, 4.69) is 50.1 Å². The van der Waals surface area contributed by atoms with Crippen molar-refractivity contribution in [2.45, 2.75) is 32.1 Å². The lowest BCUT2D eigenvalue weighted by molar-refractivity contribution is -0.142. The fourth-order valence-corrected chi connectivity index (χ4v) is 4.52. The van der Waals surface area contributed by atoms with Crippen LogP contribution in [0.3, 0.4) is 0 Å². The molecule has 1 aromatic heterocycles. The summed E-state index contributed by atoms with van der Waals surface area (Å²) in [6, 6.07) is 10.7. The van der Waals surface area contributed by atoms with Crippen LogP contribution >= 0.6 is 0 Å². The first-order chi connectivity index (χ1) is 14.1. The minimum atomic E-state index is -0.709. The zero-order valence-corrected chi connectivity index (χ0v) is 16.7. The molecule has 2 saturated heterocycles. The van der Waals surface area contributed by atoms with Crippen LogP contribution in [0.5, 0.6) is 0 Å². The van der Waals surface area contributed by atoms with Crippen molar-refractivity contribution in [3.63, 3.8) is 0 Å². The third-order valence-electron chi connectivity index (χ3n) is 6.27. The topological polar surface area (TPSA) is 95.6 Å². The highest BCUT2D eigenvalue weighted by Gasteiger charge is 2.28. The van der Waals surface area contributed by atoms with Gasteiger partial charge in [0.25, 0.3) is 0 Å². The first-order valence-corrected chi connectivity index (χ1v) is 10.5. The van der Waals surface area contributed by atoms with Crippen molar-refractivity contribution in [2.24, 2.45) is 11.8 Å². The number of anilines is 3. The number of carboxylic acids is 1. The van der Waals surface area contributed by atoms with Crippen LogP contribution in [-0.4, -0.2) is 47.2 Å². The second-order valence-electron chi connectivity index (χ2n) is 8.15. The molecule has 7 heteroatoms. The summed E-state index contributed by atoms with van der Waals surface area (Å²) in [5.41, 5.74) is 8.49. The van der Waals surface area contributed by atoms with Crippen LogP contribution < -0.4 is 15.5 Å². The smallest absolute Gasteiger partial charge is 0.306 e. The number of aromatic nitrogens is 2. The summed E-state index contributed by atoms with van der Waals surface area (Å²) in [7, 11) is 0. The first-order valence-electron chi connectivity index (χ1n) is 10.5. The van der Waals surface area contributed by atoms with Crippen LogP contribution in [-0.2, 0) is 11.2 Å². The molecule has 3 N–H and O–H groups in total. The Morgan fingerprint density at radius 1 is 0.966 bits per heavy atom. The number of hydrogen-bond donors (Lipinski definition) is 2. The summed E-state index contributed by atoms with van der Waals surface area (Å²) in [6.07, 6.45) is 6.20. The number of nitrogen functional groups attached to an aromatic ring is 1. The number of hydrogen-bond acceptors (Lipinski definition) is 6. The van der Waals surface area contributed by atoms with Crippen molar-refractivity contribution >= 4 is 23.3 Å². The highest BCUT2D eigenvalue weighted by molar-refractivity contribution is 5.76. The van der Waals surface area contributed by atoms with E-state index in [0.717, 1.165) is 44.0 Å². The summed E-state index contributed by atoms with van der Waals surface area (Å²) in [5.74, 6) is 1.27. The van der Waals surface area contributed by atoms with Crippen molar-refractivity contribution in [2.75, 3.05) is 41.7 Å². The molecule has 0 atom stereocenters. The molecule has 2 aromatic rings. The standard InChI is InChI=1S/C22H29N5O2/c23-19-20(24-15-25-21(19)27-12-8-18(9-13-27)22(28)29)26-10-6-17(7-11-26)14-16-4-2-1-3-5-16/h1-5,15,17-18H,6-14,23H2,(H,28,29). The Hall–Kier alpha value is -2.83. The summed E-state index contributed by atoms with van der Waals surface area (Å²) < 4.78 is 0. The zero-order valence-electron chi connectivity index (χ0n) is 16.7. The number of carbonyl (C=O) groups is 1. The Morgan fingerprint density at radius 3 is 2.07 bits per heavy atom. The van der Waals surface area contributed by atoms with Gasteiger partial charge in [0.1, 0.15) is 12.0 Å². The van der Waals surface area contributed by atoms with Crippen molar-refractivity contribution < 1.29 is 9.90 Å². The maximum Gasteiger partial charge on any atom is 0.306 e. The highest BCUT2D eigenvalue weighted by atomic mass is 16.4. The molecule has 0 spiro atoms. The van der Waals surface area contributed by atoms with Gasteiger partial charge in [-0.15, -0.1) is 0 Å². The van der Waals surface area contributed by atoms with Gasteiger partial charge >= 0.3 is 5.97 Å². The lowest BCUT2D eigenvalue weighted by Gasteiger charge is -2.35. The average molecular weight is 396 g/mol. The summed E-state index contributed by atoms with van der Waals surface area (Å²) in [5, 5.41) is 9.20. The van der Waals surface area contributed by atoms with Gasteiger partial charge in [0.15, 0.2) is 11.6 Å². The number of nitrogens with two attached hydrogens (primary N) is 1. The van der Waals surface area contributed by atoms with E-state index in [-0.39, 0.29) is 5.92 Å². The van der Waals surface area contributed by atoms with E-state index in [1.807, 2.05) is 0 Å². The number of aliphatic carboxylic acids is 1. The van der Waals surface area contributed by atoms with E-state index in [1.54, 1.807) is 6.33 Å². The van der Waals surface area contributed by atoms with E-state index in [1.165, 1.54) is 5.56 Å². The van der Waals surface area contributed by atoms with Crippen LogP contribution in [0.25, 0.3) is 0 Å². The van der Waals surface area contributed by atoms with Crippen LogP contribution in [0.15, 0.2) is 36.7 Å². The lowest BCUT2D eigenvalue weighted by Crippen LogP contribution is -2.38. The predicted molar refractivity (Wildman–Crippen MR) is 114 cm³/mol. The molecular formula is C22H29N5O2. The molecular weight excluding hydrogens is 366 g/mol. The number of nitrogens with zero attached hydrogens (tertiary/aromatic N) is 4. The molecule has 7 nitrogen and oxygen atoms in total. The number of carboxylic acid groups (broad SMARTS) is 1. The SMILES string of the molecule is Nc1c(N2CCC(Cc3ccccc3)CC2)ncnc1N1CCC(C(=O)O)CC1. The van der Waals surface area contributed by atoms with E-state index in [4.69, 9.17) is 5.73 Å². The lowest BCUT2D eigenvalue weighted by atomic mass is 9.90. The van der Waals surface area contributed by atoms with Gasteiger partial charge in [-0.25, -0.2) is 9.97 Å². The molecule has 2 aliphatic rings. The monoisotopic (exact) mass is 395 g/mol. The Kier molecular flexibility index (Phi) is 5.83. The van der Waals surface area contributed by atoms with E-state index < -0.39 is 5.97 Å². The van der Waals surface area contributed by atoms with E-state index in [9.17, 15) is 9.90 Å². The second kappa shape index (κ2) is 8.68. The molecule has 3 heterocycles. The van der Waals surface area contributed by atoms with Gasteiger partial charge in [0.2, 0.25) is 0 Å². The predicted octanol–water partition coefficient (Wildman–Crippen LogP) is 2.82. The fourth-order valence-electron chi connectivity index (χ4n) is 4.52. The van der Waals surface area contributed by atoms with Crippen LogP contribution in [0, 0.1) is 11.8 Å². The Balaban J connectivity index is 1.39. The van der Waals surface area contributed by atoms with Gasteiger partial charge in [-0.3, -0.25) is 4.79 Å². The van der Waals surface area contributed by atoms with Gasteiger partial charge in [-0.1, -0.05) is 30.3 Å². The Morgan fingerprint density at radius 2 is 1.52 bits per heavy atom. The molecule has 2 fully saturated rings. The molecule has 29 heavy (non-hydrogen) atoms. The minimum absolute atomic E-state index is 0.266. The van der Waals surface area contributed by atoms with Crippen LogP contribution in [0.1, 0.15) is 31.2 Å². The molecule has 4 rings (SSSR count). The molecule has 1 aromatic carbocycles. The maximum atomic E-state index is 11.2. The van der Waals surface area contributed by atoms with E-state index >= 15 is 0 Å². The quantitative estimate of drug-likeness (QED) is 0.804. The Bertz CT molecular complexity index is 828. The van der Waals surface area contributed by atoms with Crippen molar-refractivity contribution in [3.8, 4) is 0 Å². The van der Waals surface area contributed by atoms with Gasteiger partial charge in [-0.05, 0) is 43.6 Å². The van der Waals surface area contributed by atoms with Crippen LogP contribution in [0.4, 0.5) is 17.3 Å². The number of rotatable bonds is 5. The molecule has 2 aliphatic heterocycles. The van der Waals surface area contributed by atoms with Gasteiger partial charge in [0.05, 0.1) is 5.92 Å². The first kappa shape index (κ1) is 19.5. The second-order valence-corrected chi connectivity index (χ2v) is 8.15. The highest BCUT2D eigenvalue weighted by Crippen LogP contribution is 2.34. The maximum absolute atomic E-state index is 11.2. The Labute approximate surface area is 171 Å². The average Bonchev–Trinajstić information content (AvgIpc) is 2.75. The van der Waals surface area contributed by atoms with Crippen molar-refractivity contribution in [1.29, 1.82) is 0 Å². The summed E-state index contributed by atoms with van der Waals surface area (Å²) in [4.78, 5) is 24.5. The summed E-state index contributed by atoms with van der Waals surface area (Å²) in [6.45, 7) is 3.21. The summed E-state index contributed by atoms with van der Waals surface area (Å²) >= 11 is 0. The van der Waals surface area contributed by atoms with Gasteiger partial charge in [-0.2, -0.15) is 0 Å². The molecule has 0 amide bonds. The molecule has 154 valence electrons. The molecule has 0 radical (unpaired) electrons. The molecule has 0 unspecified atom stereocenters. The van der Waals surface area contributed by atoms with Crippen molar-refractivity contribution in [3.05, 3.63) is 42.2 Å². The molecule has 0 saturated carbocycles. The third kappa shape index (κ3) is 4.44. The molecule has 0 bridgehead atoms. The molecule has 0 aliphatic carbocycles. The normalized spacial score (nSPS) is 18.8. The minimum Gasteiger partial charge on any atom is -0.481 e. The van der Waals surface area contributed by atoms with Crippen molar-refractivity contribution in [1.82, 2.24) is 9.97 Å². The van der Waals surface area contributed by atoms with Gasteiger partial charge < -0.3 is 20.6 Å². The van der Waals surface area contributed by atoms with E-state index in [0.29, 0.717) is 37.5 Å². The van der Waals surface area contributed by atoms with Crippen LogP contribution in [0.2, 0.25) is 0 Å². The number of benzene rings is 1. The van der Waals surface area contributed by atoms with Gasteiger partial charge in [0, 0.05) is 26.2 Å². The fraction of sp³-hybridized carbons (Fsp3) is 0.500. The largest absolute Gasteiger partial charge is 0.481 e. The third-order valence-corrected chi connectivity index (χ3v) is 6.27.